The zero-order chi connectivity index (χ0) is 12.3. The lowest BCUT2D eigenvalue weighted by Crippen LogP contribution is -2.19. The second-order valence-corrected chi connectivity index (χ2v) is 3.84. The minimum Gasteiger partial charge on any atom is -0.380 e. The lowest BCUT2D eigenvalue weighted by molar-refractivity contribution is -0.118. The summed E-state index contributed by atoms with van der Waals surface area (Å²) in [6.07, 6.45) is 1.10. The van der Waals surface area contributed by atoms with Crippen molar-refractivity contribution in [2.45, 2.75) is 19.4 Å². The summed E-state index contributed by atoms with van der Waals surface area (Å²) >= 11 is 0. The van der Waals surface area contributed by atoms with Crippen LogP contribution in [-0.4, -0.2) is 25.7 Å². The van der Waals surface area contributed by atoms with Crippen molar-refractivity contribution in [1.82, 2.24) is 5.32 Å². The fraction of sp³-hybridized carbons (Fsp3) is 0.462. The van der Waals surface area contributed by atoms with E-state index in [2.05, 4.69) is 17.4 Å². The number of rotatable bonds is 9. The second-order valence-electron chi connectivity index (χ2n) is 3.84. The van der Waals surface area contributed by atoms with Crippen molar-refractivity contribution in [2.24, 2.45) is 5.73 Å². The van der Waals surface area contributed by atoms with Gasteiger partial charge in [0.2, 0.25) is 5.91 Å². The molecule has 3 N–H and O–H groups in total. The number of carbonyl (C=O) groups is 1. The van der Waals surface area contributed by atoms with Crippen LogP contribution in [0, 0.1) is 0 Å². The molecular weight excluding hydrogens is 216 g/mol. The van der Waals surface area contributed by atoms with Crippen molar-refractivity contribution < 1.29 is 9.53 Å². The highest BCUT2D eigenvalue weighted by Crippen LogP contribution is 1.96. The number of nitrogens with one attached hydrogen (secondary N) is 1. The normalized spacial score (nSPS) is 10.4. The number of hydrogen-bond acceptors (Lipinski definition) is 3. The molecule has 1 aromatic rings. The van der Waals surface area contributed by atoms with Gasteiger partial charge in [0.05, 0.1) is 6.61 Å². The van der Waals surface area contributed by atoms with Gasteiger partial charge in [-0.05, 0) is 12.0 Å². The van der Waals surface area contributed by atoms with E-state index in [0.717, 1.165) is 13.1 Å². The summed E-state index contributed by atoms with van der Waals surface area (Å²) in [5.41, 5.74) is 6.28. The number of ether oxygens (including phenoxy) is 1. The maximum atomic E-state index is 10.4. The van der Waals surface area contributed by atoms with E-state index in [0.29, 0.717) is 26.1 Å². The SMILES string of the molecule is NC(=O)CCCOCCNCc1ccccc1. The van der Waals surface area contributed by atoms with Gasteiger partial charge in [0.25, 0.3) is 0 Å². The third kappa shape index (κ3) is 7.49. The van der Waals surface area contributed by atoms with Gasteiger partial charge in [0.1, 0.15) is 0 Å². The summed E-state index contributed by atoms with van der Waals surface area (Å²) in [7, 11) is 0. The summed E-state index contributed by atoms with van der Waals surface area (Å²) in [6, 6.07) is 10.2. The van der Waals surface area contributed by atoms with Gasteiger partial charge < -0.3 is 15.8 Å². The molecule has 94 valence electrons. The molecule has 0 spiro atoms. The molecule has 0 atom stereocenters. The summed E-state index contributed by atoms with van der Waals surface area (Å²) < 4.78 is 5.35. The number of benzene rings is 1. The first-order chi connectivity index (χ1) is 8.29. The molecule has 4 heteroatoms. The van der Waals surface area contributed by atoms with E-state index >= 15 is 0 Å². The standard InChI is InChI=1S/C13H20N2O2/c14-13(16)7-4-9-17-10-8-15-11-12-5-2-1-3-6-12/h1-3,5-6,15H,4,7-11H2,(H2,14,16). The monoisotopic (exact) mass is 236 g/mol. The molecule has 0 bridgehead atoms. The van der Waals surface area contributed by atoms with Gasteiger partial charge in [-0.1, -0.05) is 30.3 Å². The van der Waals surface area contributed by atoms with Crippen molar-refractivity contribution >= 4 is 5.91 Å². The van der Waals surface area contributed by atoms with Gasteiger partial charge in [-0.25, -0.2) is 0 Å². The fourth-order valence-electron chi connectivity index (χ4n) is 1.42. The Morgan fingerprint density at radius 3 is 2.71 bits per heavy atom. The van der Waals surface area contributed by atoms with Crippen LogP contribution in [0.3, 0.4) is 0 Å². The lowest BCUT2D eigenvalue weighted by Gasteiger charge is -2.05. The molecule has 0 aromatic heterocycles. The molecular formula is C13H20N2O2. The predicted octanol–water partition coefficient (Wildman–Crippen LogP) is 1.06. The Hall–Kier alpha value is -1.39. The molecule has 0 heterocycles. The Morgan fingerprint density at radius 2 is 2.00 bits per heavy atom. The third-order valence-electron chi connectivity index (χ3n) is 2.31. The lowest BCUT2D eigenvalue weighted by atomic mass is 10.2. The smallest absolute Gasteiger partial charge is 0.217 e. The first-order valence-corrected chi connectivity index (χ1v) is 5.90. The molecule has 0 aliphatic carbocycles. The van der Waals surface area contributed by atoms with Crippen LogP contribution in [0.2, 0.25) is 0 Å². The van der Waals surface area contributed by atoms with Crippen LogP contribution in [0.5, 0.6) is 0 Å². The average Bonchev–Trinajstić information content (AvgIpc) is 2.33. The molecule has 0 radical (unpaired) electrons. The van der Waals surface area contributed by atoms with E-state index in [9.17, 15) is 4.79 Å². The molecule has 4 nitrogen and oxygen atoms in total. The Balaban J connectivity index is 1.90. The zero-order valence-electron chi connectivity index (χ0n) is 10.0. The van der Waals surface area contributed by atoms with Gasteiger partial charge >= 0.3 is 0 Å². The third-order valence-corrected chi connectivity index (χ3v) is 2.31. The van der Waals surface area contributed by atoms with Gasteiger partial charge in [-0.15, -0.1) is 0 Å². The van der Waals surface area contributed by atoms with E-state index in [-0.39, 0.29) is 5.91 Å². The minimum atomic E-state index is -0.268. The van der Waals surface area contributed by atoms with E-state index in [1.165, 1.54) is 5.56 Å². The first-order valence-electron chi connectivity index (χ1n) is 5.90. The number of amides is 1. The molecule has 0 saturated heterocycles. The van der Waals surface area contributed by atoms with Gasteiger partial charge in [0, 0.05) is 26.1 Å². The topological polar surface area (TPSA) is 64.4 Å². The number of carbonyl (C=O) groups excluding carboxylic acids is 1. The van der Waals surface area contributed by atoms with Crippen molar-refractivity contribution in [3.8, 4) is 0 Å². The Bertz CT molecular complexity index is 314. The van der Waals surface area contributed by atoms with Crippen molar-refractivity contribution in [2.75, 3.05) is 19.8 Å². The minimum absolute atomic E-state index is 0.268. The van der Waals surface area contributed by atoms with Gasteiger partial charge in [-0.3, -0.25) is 4.79 Å². The van der Waals surface area contributed by atoms with Crippen molar-refractivity contribution in [3.63, 3.8) is 0 Å². The quantitative estimate of drug-likeness (QED) is 0.630. The van der Waals surface area contributed by atoms with E-state index in [4.69, 9.17) is 10.5 Å². The van der Waals surface area contributed by atoms with Crippen LogP contribution in [0.25, 0.3) is 0 Å². The predicted molar refractivity (Wildman–Crippen MR) is 67.4 cm³/mol. The summed E-state index contributed by atoms with van der Waals surface area (Å²) in [4.78, 5) is 10.4. The van der Waals surface area contributed by atoms with Crippen LogP contribution < -0.4 is 11.1 Å². The highest BCUT2D eigenvalue weighted by molar-refractivity contribution is 5.73. The molecule has 1 aromatic carbocycles. The molecule has 0 saturated carbocycles. The fourth-order valence-corrected chi connectivity index (χ4v) is 1.42. The first kappa shape index (κ1) is 13.7. The largest absolute Gasteiger partial charge is 0.380 e. The number of hydrogen-bond donors (Lipinski definition) is 2. The number of primary amides is 1. The molecule has 17 heavy (non-hydrogen) atoms. The molecule has 0 fully saturated rings. The maximum Gasteiger partial charge on any atom is 0.217 e. The molecule has 1 rings (SSSR count). The van der Waals surface area contributed by atoms with E-state index in [1.54, 1.807) is 0 Å². The number of nitrogens with two attached hydrogens (primary N) is 1. The molecule has 0 unspecified atom stereocenters. The van der Waals surface area contributed by atoms with Crippen LogP contribution in [0.15, 0.2) is 30.3 Å². The highest BCUT2D eigenvalue weighted by Gasteiger charge is 1.94. The van der Waals surface area contributed by atoms with Crippen molar-refractivity contribution in [3.05, 3.63) is 35.9 Å². The Labute approximate surface area is 102 Å². The van der Waals surface area contributed by atoms with Crippen LogP contribution in [0.4, 0.5) is 0 Å². The van der Waals surface area contributed by atoms with Crippen molar-refractivity contribution in [1.29, 1.82) is 0 Å². The Kier molecular flexibility index (Phi) is 7.02. The molecule has 0 aliphatic heterocycles. The zero-order valence-corrected chi connectivity index (χ0v) is 10.0. The Morgan fingerprint density at radius 1 is 1.24 bits per heavy atom. The highest BCUT2D eigenvalue weighted by atomic mass is 16.5. The maximum absolute atomic E-state index is 10.4. The molecule has 0 aliphatic rings. The van der Waals surface area contributed by atoms with Crippen LogP contribution >= 0.6 is 0 Å². The summed E-state index contributed by atoms with van der Waals surface area (Å²) in [5, 5.41) is 3.28. The summed E-state index contributed by atoms with van der Waals surface area (Å²) in [5.74, 6) is -0.268. The summed E-state index contributed by atoms with van der Waals surface area (Å²) in [6.45, 7) is 2.92. The van der Waals surface area contributed by atoms with E-state index in [1.807, 2.05) is 18.2 Å². The molecule has 1 amide bonds. The van der Waals surface area contributed by atoms with Crippen LogP contribution in [-0.2, 0) is 16.1 Å². The van der Waals surface area contributed by atoms with Gasteiger partial charge in [0.15, 0.2) is 0 Å². The van der Waals surface area contributed by atoms with Crippen LogP contribution in [0.1, 0.15) is 18.4 Å². The van der Waals surface area contributed by atoms with E-state index < -0.39 is 0 Å². The average molecular weight is 236 g/mol. The second kappa shape index (κ2) is 8.73. The van der Waals surface area contributed by atoms with Gasteiger partial charge in [-0.2, -0.15) is 0 Å².